The Morgan fingerprint density at radius 1 is 1.26 bits per heavy atom. The van der Waals surface area contributed by atoms with Crippen molar-refractivity contribution >= 4 is 34.6 Å². The van der Waals surface area contributed by atoms with Crippen LogP contribution in [0.15, 0.2) is 29.0 Å². The summed E-state index contributed by atoms with van der Waals surface area (Å²) in [6, 6.07) is 6.20. The van der Waals surface area contributed by atoms with E-state index in [0.29, 0.717) is 13.1 Å². The van der Waals surface area contributed by atoms with E-state index in [0.717, 1.165) is 13.0 Å². The second-order valence-corrected chi connectivity index (χ2v) is 7.69. The van der Waals surface area contributed by atoms with E-state index in [9.17, 15) is 9.59 Å². The minimum atomic E-state index is -0.268. The third-order valence-electron chi connectivity index (χ3n) is 4.37. The van der Waals surface area contributed by atoms with Gasteiger partial charge in [0.2, 0.25) is 5.91 Å². The summed E-state index contributed by atoms with van der Waals surface area (Å²) in [6.07, 6.45) is 0.967. The molecule has 3 amide bonds. The molecule has 1 fully saturated rings. The molecule has 0 aromatic carbocycles. The van der Waals surface area contributed by atoms with E-state index < -0.39 is 0 Å². The van der Waals surface area contributed by atoms with E-state index in [-0.39, 0.29) is 24.5 Å². The van der Waals surface area contributed by atoms with Gasteiger partial charge in [-0.1, -0.05) is 6.07 Å². The molecule has 2 aliphatic rings. The van der Waals surface area contributed by atoms with E-state index in [1.807, 2.05) is 0 Å². The average molecular weight is 347 g/mol. The molecule has 2 aromatic heterocycles. The van der Waals surface area contributed by atoms with Crippen molar-refractivity contribution in [3.63, 3.8) is 0 Å². The van der Waals surface area contributed by atoms with Gasteiger partial charge in [-0.25, -0.2) is 4.79 Å². The second-order valence-electron chi connectivity index (χ2n) is 5.71. The van der Waals surface area contributed by atoms with Gasteiger partial charge < -0.3 is 5.32 Å². The van der Waals surface area contributed by atoms with E-state index in [4.69, 9.17) is 0 Å². The number of nitrogens with one attached hydrogen (secondary N) is 1. The fourth-order valence-electron chi connectivity index (χ4n) is 3.29. The first-order valence-electron chi connectivity index (χ1n) is 7.66. The third kappa shape index (κ3) is 2.69. The summed E-state index contributed by atoms with van der Waals surface area (Å²) in [4.78, 5) is 30.4. The molecule has 0 spiro atoms. The molecular weight excluding hydrogens is 330 g/mol. The van der Waals surface area contributed by atoms with Crippen LogP contribution >= 0.6 is 22.7 Å². The van der Waals surface area contributed by atoms with Gasteiger partial charge >= 0.3 is 6.03 Å². The molecule has 0 radical (unpaired) electrons. The Labute approximate surface area is 142 Å². The second kappa shape index (κ2) is 6.07. The lowest BCUT2D eigenvalue weighted by atomic mass is 9.98. The van der Waals surface area contributed by atoms with E-state index in [1.54, 1.807) is 22.7 Å². The minimum Gasteiger partial charge on any atom is -0.336 e. The fourth-order valence-corrected chi connectivity index (χ4v) is 5.07. The van der Waals surface area contributed by atoms with E-state index in [1.165, 1.54) is 20.2 Å². The monoisotopic (exact) mass is 347 g/mol. The Morgan fingerprint density at radius 2 is 2.17 bits per heavy atom. The van der Waals surface area contributed by atoms with Crippen LogP contribution in [0.2, 0.25) is 0 Å². The maximum absolute atomic E-state index is 12.5. The molecule has 2 aliphatic heterocycles. The highest BCUT2D eigenvalue weighted by atomic mass is 32.1. The number of carbonyl (C=O) groups is 2. The maximum atomic E-state index is 12.5. The van der Waals surface area contributed by atoms with Gasteiger partial charge in [-0.2, -0.15) is 0 Å². The summed E-state index contributed by atoms with van der Waals surface area (Å²) in [7, 11) is 0. The molecule has 0 aliphatic carbocycles. The zero-order chi connectivity index (χ0) is 15.8. The number of hydrogen-bond acceptors (Lipinski definition) is 5. The Bertz CT molecular complexity index is 726. The average Bonchev–Trinajstić information content (AvgIpc) is 3.27. The highest BCUT2D eigenvalue weighted by Crippen LogP contribution is 2.39. The zero-order valence-corrected chi connectivity index (χ0v) is 14.2. The smallest absolute Gasteiger partial charge is 0.324 e. The van der Waals surface area contributed by atoms with Gasteiger partial charge in [0, 0.05) is 29.4 Å². The molecule has 4 rings (SSSR count). The summed E-state index contributed by atoms with van der Waals surface area (Å²) >= 11 is 3.51. The molecule has 7 heteroatoms. The normalized spacial score (nSPS) is 21.3. The number of carbonyl (C=O) groups excluding carboxylic acids is 2. The Kier molecular flexibility index (Phi) is 3.92. The molecule has 0 bridgehead atoms. The number of urea groups is 1. The molecule has 5 nitrogen and oxygen atoms in total. The van der Waals surface area contributed by atoms with Crippen LogP contribution in [0.3, 0.4) is 0 Å². The quantitative estimate of drug-likeness (QED) is 0.927. The van der Waals surface area contributed by atoms with Crippen molar-refractivity contribution in [2.45, 2.75) is 12.5 Å². The number of thiophene rings is 2. The number of imide groups is 1. The van der Waals surface area contributed by atoms with Gasteiger partial charge in [0.25, 0.3) is 0 Å². The highest BCUT2D eigenvalue weighted by molar-refractivity contribution is 7.10. The number of amides is 3. The van der Waals surface area contributed by atoms with Crippen molar-refractivity contribution in [1.29, 1.82) is 0 Å². The van der Waals surface area contributed by atoms with Crippen LogP contribution in [0.1, 0.15) is 21.4 Å². The van der Waals surface area contributed by atoms with Gasteiger partial charge in [-0.3, -0.25) is 14.6 Å². The summed E-state index contributed by atoms with van der Waals surface area (Å²) in [6.45, 7) is 2.15. The predicted octanol–water partition coefficient (Wildman–Crippen LogP) is 2.31. The lowest BCUT2D eigenvalue weighted by Crippen LogP contribution is -2.45. The van der Waals surface area contributed by atoms with Crippen LogP contribution in [0.5, 0.6) is 0 Å². The van der Waals surface area contributed by atoms with E-state index in [2.05, 4.69) is 39.2 Å². The maximum Gasteiger partial charge on any atom is 0.324 e. The molecule has 4 heterocycles. The number of fused-ring (bicyclic) bond motifs is 1. The van der Waals surface area contributed by atoms with Crippen LogP contribution < -0.4 is 5.32 Å². The van der Waals surface area contributed by atoms with Crippen molar-refractivity contribution in [2.75, 3.05) is 26.2 Å². The SMILES string of the molecule is O=C(CN1CCc2sccc2C1c1cccs1)N1CCNC1=O. The third-order valence-corrected chi connectivity index (χ3v) is 6.30. The van der Waals surface area contributed by atoms with Crippen LogP contribution in [0.4, 0.5) is 4.79 Å². The van der Waals surface area contributed by atoms with Gasteiger partial charge in [0.1, 0.15) is 0 Å². The standard InChI is InChI=1S/C16H17N3O2S2/c20-14(19-7-5-17-16(19)21)10-18-6-3-12-11(4-9-23-12)15(18)13-2-1-8-22-13/h1-2,4,8-9,15H,3,5-7,10H2,(H,17,21). The van der Waals surface area contributed by atoms with Crippen LogP contribution in [-0.2, 0) is 11.2 Å². The molecular formula is C16H17N3O2S2. The van der Waals surface area contributed by atoms with Crippen LogP contribution in [0.25, 0.3) is 0 Å². The number of nitrogens with zero attached hydrogens (tertiary/aromatic N) is 2. The molecule has 1 saturated heterocycles. The lowest BCUT2D eigenvalue weighted by molar-refractivity contribution is -0.129. The van der Waals surface area contributed by atoms with Crippen molar-refractivity contribution < 1.29 is 9.59 Å². The Morgan fingerprint density at radius 3 is 2.91 bits per heavy atom. The van der Waals surface area contributed by atoms with Gasteiger partial charge in [0.15, 0.2) is 0 Å². The Balaban J connectivity index is 1.60. The number of hydrogen-bond donors (Lipinski definition) is 1. The topological polar surface area (TPSA) is 52.7 Å². The largest absolute Gasteiger partial charge is 0.336 e. The van der Waals surface area contributed by atoms with Gasteiger partial charge in [0.05, 0.1) is 12.6 Å². The summed E-state index contributed by atoms with van der Waals surface area (Å²) in [5.74, 6) is -0.111. The predicted molar refractivity (Wildman–Crippen MR) is 90.9 cm³/mol. The fraction of sp³-hybridized carbons (Fsp3) is 0.375. The highest BCUT2D eigenvalue weighted by Gasteiger charge is 2.34. The van der Waals surface area contributed by atoms with Gasteiger partial charge in [-0.15, -0.1) is 22.7 Å². The molecule has 1 atom stereocenters. The summed E-state index contributed by atoms with van der Waals surface area (Å²) in [5.41, 5.74) is 1.31. The van der Waals surface area contributed by atoms with Crippen molar-refractivity contribution in [2.24, 2.45) is 0 Å². The molecule has 0 saturated carbocycles. The molecule has 1 unspecified atom stereocenters. The van der Waals surface area contributed by atoms with Crippen LogP contribution in [0, 0.1) is 0 Å². The number of rotatable bonds is 3. The van der Waals surface area contributed by atoms with E-state index >= 15 is 0 Å². The minimum absolute atomic E-state index is 0.111. The van der Waals surface area contributed by atoms with Crippen LogP contribution in [-0.4, -0.2) is 47.9 Å². The zero-order valence-electron chi connectivity index (χ0n) is 12.5. The first-order chi connectivity index (χ1) is 11.2. The van der Waals surface area contributed by atoms with Crippen molar-refractivity contribution in [3.8, 4) is 0 Å². The summed E-state index contributed by atoms with van der Waals surface area (Å²) < 4.78 is 0. The summed E-state index contributed by atoms with van der Waals surface area (Å²) in [5, 5.41) is 6.89. The lowest BCUT2D eigenvalue weighted by Gasteiger charge is -2.35. The molecule has 23 heavy (non-hydrogen) atoms. The first kappa shape index (κ1) is 14.9. The van der Waals surface area contributed by atoms with Crippen molar-refractivity contribution in [1.82, 2.24) is 15.1 Å². The van der Waals surface area contributed by atoms with Gasteiger partial charge in [-0.05, 0) is 34.9 Å². The molecule has 1 N–H and O–H groups in total. The Hall–Kier alpha value is -1.70. The van der Waals surface area contributed by atoms with Crippen molar-refractivity contribution in [3.05, 3.63) is 44.3 Å². The first-order valence-corrected chi connectivity index (χ1v) is 9.42. The molecule has 120 valence electrons. The molecule has 2 aromatic rings.